The number of rotatable bonds is 4. The second-order valence-electron chi connectivity index (χ2n) is 6.65. The van der Waals surface area contributed by atoms with Crippen LogP contribution in [0.3, 0.4) is 0 Å². The maximum atomic E-state index is 5.20. The lowest BCUT2D eigenvalue weighted by atomic mass is 9.90. The highest BCUT2D eigenvalue weighted by Gasteiger charge is 2.11. The first kappa shape index (κ1) is 15.7. The predicted octanol–water partition coefficient (Wildman–Crippen LogP) is 3.47. The Morgan fingerprint density at radius 2 is 1.56 bits per heavy atom. The second-order valence-corrected chi connectivity index (χ2v) is 7.06. The van der Waals surface area contributed by atoms with Crippen molar-refractivity contribution in [3.05, 3.63) is 0 Å². The maximum absolute atomic E-state index is 5.20. The van der Waals surface area contributed by atoms with Gasteiger partial charge in [0.05, 0.1) is 0 Å². The fourth-order valence-corrected chi connectivity index (χ4v) is 1.78. The van der Waals surface area contributed by atoms with E-state index in [1.807, 2.05) is 0 Å². The molecule has 0 aliphatic rings. The summed E-state index contributed by atoms with van der Waals surface area (Å²) in [5.41, 5.74) is 0.500. The number of unbranched alkanes of at least 4 members (excludes halogenated alkanes) is 1. The Kier molecular flexibility index (Phi) is 6.31. The summed E-state index contributed by atoms with van der Waals surface area (Å²) in [6.45, 7) is 14.2. The molecule has 0 heterocycles. The fourth-order valence-electron chi connectivity index (χ4n) is 1.37. The van der Waals surface area contributed by atoms with E-state index in [1.165, 1.54) is 19.3 Å². The Morgan fingerprint density at radius 1 is 1.00 bits per heavy atom. The minimum atomic E-state index is 0.0511. The van der Waals surface area contributed by atoms with Gasteiger partial charge in [0.2, 0.25) is 0 Å². The summed E-state index contributed by atoms with van der Waals surface area (Å²) in [5.74, 6) is 0. The Morgan fingerprint density at radius 3 is 2.00 bits per heavy atom. The SMILES string of the molecule is CC(C)(C)CCCCNC(=S)NC(C)(C)C. The molecule has 3 heteroatoms. The number of nitrogens with one attached hydrogen (secondary N) is 2. The van der Waals surface area contributed by atoms with Crippen LogP contribution >= 0.6 is 12.2 Å². The number of thiocarbonyl (C=S) groups is 1. The molecule has 2 nitrogen and oxygen atoms in total. The van der Waals surface area contributed by atoms with Gasteiger partial charge in [-0.1, -0.05) is 27.2 Å². The maximum Gasteiger partial charge on any atom is 0.166 e. The third kappa shape index (κ3) is 11.8. The van der Waals surface area contributed by atoms with Gasteiger partial charge in [0.25, 0.3) is 0 Å². The molecule has 0 amide bonds. The van der Waals surface area contributed by atoms with E-state index in [-0.39, 0.29) is 5.54 Å². The summed E-state index contributed by atoms with van der Waals surface area (Å²) >= 11 is 5.20. The topological polar surface area (TPSA) is 24.1 Å². The molecular formula is C13H28N2S. The predicted molar refractivity (Wildman–Crippen MR) is 76.8 cm³/mol. The van der Waals surface area contributed by atoms with Crippen molar-refractivity contribution in [1.82, 2.24) is 10.6 Å². The van der Waals surface area contributed by atoms with Crippen LogP contribution in [0.1, 0.15) is 60.8 Å². The zero-order valence-electron chi connectivity index (χ0n) is 11.7. The molecule has 0 fully saturated rings. The Bertz CT molecular complexity index is 211. The first-order chi connectivity index (χ1) is 7.10. The molecule has 16 heavy (non-hydrogen) atoms. The average molecular weight is 244 g/mol. The lowest BCUT2D eigenvalue weighted by molar-refractivity contribution is 0.360. The molecule has 0 rings (SSSR count). The molecule has 0 aliphatic heterocycles. The van der Waals surface area contributed by atoms with E-state index < -0.39 is 0 Å². The molecular weight excluding hydrogens is 216 g/mol. The molecule has 0 aromatic rings. The number of hydrogen-bond donors (Lipinski definition) is 2. The van der Waals surface area contributed by atoms with Crippen molar-refractivity contribution in [3.63, 3.8) is 0 Å². The van der Waals surface area contributed by atoms with E-state index in [1.54, 1.807) is 0 Å². The van der Waals surface area contributed by atoms with Crippen molar-refractivity contribution < 1.29 is 0 Å². The van der Waals surface area contributed by atoms with Gasteiger partial charge in [-0.25, -0.2) is 0 Å². The van der Waals surface area contributed by atoms with Gasteiger partial charge in [-0.05, 0) is 51.2 Å². The van der Waals surface area contributed by atoms with E-state index in [9.17, 15) is 0 Å². The quantitative estimate of drug-likeness (QED) is 0.585. The monoisotopic (exact) mass is 244 g/mol. The lowest BCUT2D eigenvalue weighted by Crippen LogP contribution is -2.46. The molecule has 96 valence electrons. The summed E-state index contributed by atoms with van der Waals surface area (Å²) < 4.78 is 0. The molecule has 0 saturated heterocycles. The van der Waals surface area contributed by atoms with Gasteiger partial charge in [0, 0.05) is 12.1 Å². The molecule has 0 saturated carbocycles. The van der Waals surface area contributed by atoms with Gasteiger partial charge in [-0.2, -0.15) is 0 Å². The van der Waals surface area contributed by atoms with E-state index in [0.717, 1.165) is 11.7 Å². The van der Waals surface area contributed by atoms with Crippen molar-refractivity contribution in [2.75, 3.05) is 6.54 Å². The molecule has 0 aromatic carbocycles. The first-order valence-electron chi connectivity index (χ1n) is 6.16. The molecule has 2 N–H and O–H groups in total. The Balaban J connectivity index is 3.50. The second kappa shape index (κ2) is 6.43. The first-order valence-corrected chi connectivity index (χ1v) is 6.57. The zero-order chi connectivity index (χ0) is 12.8. The number of hydrogen-bond acceptors (Lipinski definition) is 1. The average Bonchev–Trinajstić information content (AvgIpc) is 1.97. The minimum absolute atomic E-state index is 0.0511. The molecule has 0 radical (unpaired) electrons. The van der Waals surface area contributed by atoms with E-state index in [4.69, 9.17) is 12.2 Å². The summed E-state index contributed by atoms with van der Waals surface area (Å²) in [5, 5.41) is 7.26. The largest absolute Gasteiger partial charge is 0.363 e. The summed E-state index contributed by atoms with van der Waals surface area (Å²) in [6.07, 6.45) is 3.71. The van der Waals surface area contributed by atoms with Crippen LogP contribution in [-0.4, -0.2) is 17.2 Å². The third-order valence-electron chi connectivity index (χ3n) is 2.13. The Labute approximate surface area is 107 Å². The smallest absolute Gasteiger partial charge is 0.166 e. The van der Waals surface area contributed by atoms with Crippen LogP contribution in [0.2, 0.25) is 0 Å². The third-order valence-corrected chi connectivity index (χ3v) is 2.37. The molecule has 0 spiro atoms. The van der Waals surface area contributed by atoms with E-state index >= 15 is 0 Å². The normalized spacial score (nSPS) is 12.4. The highest BCUT2D eigenvalue weighted by molar-refractivity contribution is 7.80. The van der Waals surface area contributed by atoms with Gasteiger partial charge >= 0.3 is 0 Å². The van der Waals surface area contributed by atoms with Gasteiger partial charge in [0.1, 0.15) is 0 Å². The van der Waals surface area contributed by atoms with Crippen LogP contribution in [0.4, 0.5) is 0 Å². The Hall–Kier alpha value is -0.310. The summed E-state index contributed by atoms with van der Waals surface area (Å²) in [7, 11) is 0. The van der Waals surface area contributed by atoms with Crippen molar-refractivity contribution in [3.8, 4) is 0 Å². The van der Waals surface area contributed by atoms with Gasteiger partial charge in [0.15, 0.2) is 5.11 Å². The molecule has 0 bridgehead atoms. The van der Waals surface area contributed by atoms with E-state index in [2.05, 4.69) is 52.2 Å². The van der Waals surface area contributed by atoms with Crippen LogP contribution in [0, 0.1) is 5.41 Å². The van der Waals surface area contributed by atoms with E-state index in [0.29, 0.717) is 5.41 Å². The van der Waals surface area contributed by atoms with Crippen molar-refractivity contribution in [2.45, 2.75) is 66.3 Å². The van der Waals surface area contributed by atoms with Crippen molar-refractivity contribution >= 4 is 17.3 Å². The molecule has 0 aromatic heterocycles. The highest BCUT2D eigenvalue weighted by Crippen LogP contribution is 2.21. The standard InChI is InChI=1S/C13H28N2S/c1-12(2,3)9-7-8-10-14-11(16)15-13(4,5)6/h7-10H2,1-6H3,(H2,14,15,16). The van der Waals surface area contributed by atoms with Gasteiger partial charge < -0.3 is 10.6 Å². The molecule has 0 unspecified atom stereocenters. The zero-order valence-corrected chi connectivity index (χ0v) is 12.6. The molecule has 0 aliphatic carbocycles. The van der Waals surface area contributed by atoms with Crippen molar-refractivity contribution in [1.29, 1.82) is 0 Å². The van der Waals surface area contributed by atoms with Gasteiger partial charge in [-0.3, -0.25) is 0 Å². The van der Waals surface area contributed by atoms with Crippen LogP contribution in [0.25, 0.3) is 0 Å². The van der Waals surface area contributed by atoms with Gasteiger partial charge in [-0.15, -0.1) is 0 Å². The van der Waals surface area contributed by atoms with Crippen LogP contribution in [0.15, 0.2) is 0 Å². The summed E-state index contributed by atoms with van der Waals surface area (Å²) in [4.78, 5) is 0. The molecule has 0 atom stereocenters. The summed E-state index contributed by atoms with van der Waals surface area (Å²) in [6, 6.07) is 0. The van der Waals surface area contributed by atoms with Crippen LogP contribution in [-0.2, 0) is 0 Å². The van der Waals surface area contributed by atoms with Crippen LogP contribution < -0.4 is 10.6 Å². The van der Waals surface area contributed by atoms with Crippen molar-refractivity contribution in [2.24, 2.45) is 5.41 Å². The van der Waals surface area contributed by atoms with Crippen LogP contribution in [0.5, 0.6) is 0 Å². The minimum Gasteiger partial charge on any atom is -0.363 e. The fraction of sp³-hybridized carbons (Fsp3) is 0.923. The highest BCUT2D eigenvalue weighted by atomic mass is 32.1. The lowest BCUT2D eigenvalue weighted by Gasteiger charge is -2.23.